The number of thioether (sulfide) groups is 1. The largest absolute Gasteiger partial charge is 0.301 e. The maximum Gasteiger partial charge on any atom is 0.251 e. The Balaban J connectivity index is 1.77. The van der Waals surface area contributed by atoms with Gasteiger partial charge in [0.1, 0.15) is 5.82 Å². The average molecular weight is 347 g/mol. The second-order valence-electron chi connectivity index (χ2n) is 5.94. The van der Waals surface area contributed by atoms with Gasteiger partial charge in [0.05, 0.1) is 10.9 Å². The summed E-state index contributed by atoms with van der Waals surface area (Å²) >= 11 is 1.34. The van der Waals surface area contributed by atoms with Gasteiger partial charge >= 0.3 is 0 Å². The van der Waals surface area contributed by atoms with E-state index in [1.165, 1.54) is 17.8 Å². The number of hydrogen-bond acceptors (Lipinski definition) is 5. The molecule has 0 unspecified atom stereocenters. The molecule has 0 bridgehead atoms. The van der Waals surface area contributed by atoms with Crippen molar-refractivity contribution in [3.05, 3.63) is 33.9 Å². The van der Waals surface area contributed by atoms with E-state index in [-0.39, 0.29) is 16.7 Å². The number of anilines is 1. The van der Waals surface area contributed by atoms with Gasteiger partial charge in [-0.2, -0.15) is 5.10 Å². The van der Waals surface area contributed by atoms with Crippen LogP contribution in [-0.4, -0.2) is 37.5 Å². The van der Waals surface area contributed by atoms with Crippen LogP contribution in [0.25, 0.3) is 0 Å². The van der Waals surface area contributed by atoms with Crippen molar-refractivity contribution in [2.24, 2.45) is 7.05 Å². The van der Waals surface area contributed by atoms with Gasteiger partial charge in [0, 0.05) is 31.4 Å². The summed E-state index contributed by atoms with van der Waals surface area (Å²) in [4.78, 5) is 33.4. The summed E-state index contributed by atoms with van der Waals surface area (Å²) in [6.07, 6.45) is 2.41. The number of nitrogens with one attached hydrogen (secondary N) is 1. The molecule has 0 radical (unpaired) electrons. The molecule has 1 N–H and O–H groups in total. The Morgan fingerprint density at radius 2 is 2.17 bits per heavy atom. The molecule has 2 aromatic heterocycles. The highest BCUT2D eigenvalue weighted by molar-refractivity contribution is 8.00. The predicted octanol–water partition coefficient (Wildman–Crippen LogP) is 1.66. The highest BCUT2D eigenvalue weighted by Gasteiger charge is 2.35. The van der Waals surface area contributed by atoms with Crippen LogP contribution in [0.2, 0.25) is 0 Å². The minimum absolute atomic E-state index is 0.0338. The van der Waals surface area contributed by atoms with Crippen molar-refractivity contribution in [2.75, 3.05) is 11.4 Å². The van der Waals surface area contributed by atoms with E-state index in [0.29, 0.717) is 11.7 Å². The van der Waals surface area contributed by atoms with Gasteiger partial charge in [-0.15, -0.1) is 0 Å². The van der Waals surface area contributed by atoms with Crippen molar-refractivity contribution in [3.63, 3.8) is 0 Å². The van der Waals surface area contributed by atoms with Gasteiger partial charge < -0.3 is 4.98 Å². The van der Waals surface area contributed by atoms with E-state index < -0.39 is 0 Å². The van der Waals surface area contributed by atoms with E-state index in [9.17, 15) is 9.59 Å². The maximum absolute atomic E-state index is 12.7. The number of carbonyl (C=O) groups is 1. The summed E-state index contributed by atoms with van der Waals surface area (Å²) in [5, 5.41) is 4.58. The van der Waals surface area contributed by atoms with E-state index >= 15 is 0 Å². The molecule has 128 valence electrons. The minimum atomic E-state index is -0.236. The van der Waals surface area contributed by atoms with Crippen LogP contribution >= 0.6 is 11.8 Å². The van der Waals surface area contributed by atoms with Crippen LogP contribution in [-0.2, 0) is 18.3 Å². The van der Waals surface area contributed by atoms with Gasteiger partial charge in [-0.3, -0.25) is 19.2 Å². The third-order valence-electron chi connectivity index (χ3n) is 3.94. The maximum atomic E-state index is 12.7. The van der Waals surface area contributed by atoms with Gasteiger partial charge in [0.25, 0.3) is 5.56 Å². The molecule has 3 heterocycles. The van der Waals surface area contributed by atoms with E-state index in [4.69, 9.17) is 0 Å². The van der Waals surface area contributed by atoms with E-state index in [1.807, 2.05) is 27.0 Å². The standard InChI is InChI=1S/C16H21N5O2S/c1-4-5-11-9-13(22)18-16(17-11)24-12-6-7-21(15(12)23)14-8-10(2)19-20(14)3/h8-9,12H,4-7H2,1-3H3,(H,17,18,22)/t12-/m0/s1. The summed E-state index contributed by atoms with van der Waals surface area (Å²) in [5.74, 6) is 0.841. The molecule has 0 spiro atoms. The molecule has 2 aromatic rings. The number of aryl methyl sites for hydroxylation is 3. The summed E-state index contributed by atoms with van der Waals surface area (Å²) in [6.45, 7) is 4.60. The first-order chi connectivity index (χ1) is 11.5. The zero-order valence-corrected chi connectivity index (χ0v) is 14.9. The van der Waals surface area contributed by atoms with Gasteiger partial charge in [-0.1, -0.05) is 25.1 Å². The molecule has 1 saturated heterocycles. The number of aromatic nitrogens is 4. The zero-order valence-electron chi connectivity index (χ0n) is 14.1. The molecule has 1 amide bonds. The Morgan fingerprint density at radius 1 is 1.38 bits per heavy atom. The number of nitrogens with zero attached hydrogens (tertiary/aromatic N) is 4. The number of hydrogen-bond donors (Lipinski definition) is 1. The fourth-order valence-corrected chi connectivity index (χ4v) is 3.95. The second-order valence-corrected chi connectivity index (χ2v) is 7.14. The summed E-state index contributed by atoms with van der Waals surface area (Å²) < 4.78 is 1.72. The second kappa shape index (κ2) is 6.80. The van der Waals surface area contributed by atoms with Gasteiger partial charge in [-0.05, 0) is 19.8 Å². The lowest BCUT2D eigenvalue weighted by Crippen LogP contribution is -2.30. The van der Waals surface area contributed by atoms with Crippen LogP contribution in [0, 0.1) is 6.92 Å². The molecule has 1 atom stereocenters. The fraction of sp³-hybridized carbons (Fsp3) is 0.500. The van der Waals surface area contributed by atoms with Gasteiger partial charge in [0.15, 0.2) is 5.16 Å². The molecule has 1 aliphatic heterocycles. The van der Waals surface area contributed by atoms with Crippen molar-refractivity contribution in [1.29, 1.82) is 0 Å². The summed E-state index contributed by atoms with van der Waals surface area (Å²) in [6, 6.07) is 3.43. The number of carbonyl (C=O) groups excluding carboxylic acids is 1. The smallest absolute Gasteiger partial charge is 0.251 e. The first kappa shape index (κ1) is 16.8. The number of amides is 1. The molecule has 7 nitrogen and oxygen atoms in total. The summed E-state index contributed by atoms with van der Waals surface area (Å²) in [7, 11) is 1.84. The zero-order chi connectivity index (χ0) is 17.3. The molecule has 1 fully saturated rings. The molecular formula is C16H21N5O2S. The molecule has 0 aliphatic carbocycles. The fourth-order valence-electron chi connectivity index (χ4n) is 2.90. The van der Waals surface area contributed by atoms with Crippen molar-refractivity contribution in [3.8, 4) is 0 Å². The molecule has 0 saturated carbocycles. The molecule has 8 heteroatoms. The van der Waals surface area contributed by atoms with Crippen LogP contribution in [0.15, 0.2) is 22.1 Å². The first-order valence-corrected chi connectivity index (χ1v) is 8.95. The Hall–Kier alpha value is -2.09. The minimum Gasteiger partial charge on any atom is -0.301 e. The van der Waals surface area contributed by atoms with Crippen molar-refractivity contribution < 1.29 is 4.79 Å². The van der Waals surface area contributed by atoms with E-state index in [1.54, 1.807) is 9.58 Å². The number of H-pyrrole nitrogens is 1. The molecule has 0 aromatic carbocycles. The van der Waals surface area contributed by atoms with E-state index in [0.717, 1.165) is 36.5 Å². The third kappa shape index (κ3) is 3.38. The lowest BCUT2D eigenvalue weighted by molar-refractivity contribution is -0.116. The Kier molecular flexibility index (Phi) is 4.75. The first-order valence-electron chi connectivity index (χ1n) is 8.07. The molecular weight excluding hydrogens is 326 g/mol. The quantitative estimate of drug-likeness (QED) is 0.832. The van der Waals surface area contributed by atoms with Crippen LogP contribution in [0.5, 0.6) is 0 Å². The third-order valence-corrected chi connectivity index (χ3v) is 5.08. The monoisotopic (exact) mass is 347 g/mol. The normalized spacial score (nSPS) is 17.7. The SMILES string of the molecule is CCCc1cc(=O)[nH]c(S[C@H]2CCN(c3cc(C)nn3C)C2=O)n1. The lowest BCUT2D eigenvalue weighted by atomic mass is 10.2. The number of aromatic amines is 1. The average Bonchev–Trinajstić information content (AvgIpc) is 3.02. The van der Waals surface area contributed by atoms with E-state index in [2.05, 4.69) is 15.1 Å². The molecule has 1 aliphatic rings. The molecule has 3 rings (SSSR count). The topological polar surface area (TPSA) is 83.9 Å². The van der Waals surface area contributed by atoms with Crippen molar-refractivity contribution >= 4 is 23.5 Å². The van der Waals surface area contributed by atoms with Gasteiger partial charge in [0.2, 0.25) is 5.91 Å². The van der Waals surface area contributed by atoms with Crippen molar-refractivity contribution in [2.45, 2.75) is 43.5 Å². The Bertz CT molecular complexity index is 813. The lowest BCUT2D eigenvalue weighted by Gasteiger charge is -2.16. The Morgan fingerprint density at radius 3 is 2.83 bits per heavy atom. The highest BCUT2D eigenvalue weighted by Crippen LogP contribution is 2.31. The van der Waals surface area contributed by atoms with Gasteiger partial charge in [-0.25, -0.2) is 4.98 Å². The Labute approximate surface area is 144 Å². The highest BCUT2D eigenvalue weighted by atomic mass is 32.2. The summed E-state index contributed by atoms with van der Waals surface area (Å²) in [5.41, 5.74) is 1.49. The van der Waals surface area contributed by atoms with Crippen LogP contribution in [0.3, 0.4) is 0 Å². The molecule has 24 heavy (non-hydrogen) atoms. The van der Waals surface area contributed by atoms with Crippen LogP contribution < -0.4 is 10.5 Å². The van der Waals surface area contributed by atoms with Crippen LogP contribution in [0.1, 0.15) is 31.2 Å². The predicted molar refractivity (Wildman–Crippen MR) is 93.4 cm³/mol. The van der Waals surface area contributed by atoms with Crippen molar-refractivity contribution in [1.82, 2.24) is 19.7 Å². The van der Waals surface area contributed by atoms with Crippen LogP contribution in [0.4, 0.5) is 5.82 Å². The number of rotatable bonds is 5.